The van der Waals surface area contributed by atoms with Crippen LogP contribution in [0.3, 0.4) is 0 Å². The Morgan fingerprint density at radius 2 is 1.79 bits per heavy atom. The average Bonchev–Trinajstić information content (AvgIpc) is 2.48. The van der Waals surface area contributed by atoms with E-state index in [4.69, 9.17) is 17.3 Å². The zero-order valence-electron chi connectivity index (χ0n) is 13.5. The Kier molecular flexibility index (Phi) is 5.98. The Labute approximate surface area is 146 Å². The van der Waals surface area contributed by atoms with Gasteiger partial charge in [0.15, 0.2) is 5.82 Å². The van der Waals surface area contributed by atoms with Gasteiger partial charge in [0.1, 0.15) is 17.2 Å². The molecule has 0 saturated carbocycles. The lowest BCUT2D eigenvalue weighted by Gasteiger charge is -2.11. The normalized spacial score (nSPS) is 11.7. The number of rotatable bonds is 7. The molecule has 2 rings (SSSR count). The number of nitrogens with two attached hydrogens (primary N) is 1. The van der Waals surface area contributed by atoms with Crippen LogP contribution in [0.5, 0.6) is 0 Å². The highest BCUT2D eigenvalue weighted by Gasteiger charge is 2.13. The first kappa shape index (κ1) is 18.4. The molecule has 0 amide bonds. The van der Waals surface area contributed by atoms with E-state index in [9.17, 15) is 8.42 Å². The lowest BCUT2D eigenvalue weighted by molar-refractivity contribution is 0.569. The number of anilines is 2. The fourth-order valence-electron chi connectivity index (χ4n) is 2.07. The maximum atomic E-state index is 11.9. The van der Waals surface area contributed by atoms with Gasteiger partial charge in [-0.05, 0) is 25.0 Å². The number of sulfonamides is 1. The van der Waals surface area contributed by atoms with Crippen LogP contribution in [0.25, 0.3) is 0 Å². The smallest absolute Gasteiger partial charge is 0.216 e. The van der Waals surface area contributed by atoms with Crippen molar-refractivity contribution in [2.75, 3.05) is 11.1 Å². The van der Waals surface area contributed by atoms with E-state index in [1.165, 1.54) is 6.33 Å². The molecule has 0 radical (unpaired) electrons. The van der Waals surface area contributed by atoms with E-state index >= 15 is 0 Å². The van der Waals surface area contributed by atoms with Crippen molar-refractivity contribution in [2.45, 2.75) is 32.2 Å². The number of nitrogen functional groups attached to an aromatic ring is 1. The summed E-state index contributed by atoms with van der Waals surface area (Å²) in [6.45, 7) is 4.06. The van der Waals surface area contributed by atoms with Crippen LogP contribution in [0.15, 0.2) is 30.6 Å². The van der Waals surface area contributed by atoms with Crippen LogP contribution in [0, 0.1) is 0 Å². The fourth-order valence-corrected chi connectivity index (χ4v) is 3.66. The summed E-state index contributed by atoms with van der Waals surface area (Å²) < 4.78 is 26.4. The summed E-state index contributed by atoms with van der Waals surface area (Å²) in [7, 11) is -3.33. The minimum absolute atomic E-state index is 0.0485. The molecule has 0 unspecified atom stereocenters. The van der Waals surface area contributed by atoms with Crippen molar-refractivity contribution in [3.63, 3.8) is 0 Å². The van der Waals surface area contributed by atoms with Crippen molar-refractivity contribution in [3.05, 3.63) is 46.7 Å². The molecule has 1 aromatic heterocycles. The molecule has 0 fully saturated rings. The molecule has 4 N–H and O–H groups in total. The number of nitrogens with one attached hydrogen (secondary N) is 2. The lowest BCUT2D eigenvalue weighted by Crippen LogP contribution is -2.31. The zero-order chi connectivity index (χ0) is 17.7. The highest BCUT2D eigenvalue weighted by Crippen LogP contribution is 2.23. The number of halogens is 1. The molecule has 130 valence electrons. The quantitative estimate of drug-likeness (QED) is 0.689. The first-order valence-corrected chi connectivity index (χ1v) is 9.37. The van der Waals surface area contributed by atoms with Crippen LogP contribution in [-0.4, -0.2) is 24.4 Å². The number of aromatic nitrogens is 2. The molecule has 0 aliphatic carbocycles. The van der Waals surface area contributed by atoms with Crippen molar-refractivity contribution >= 4 is 33.3 Å². The molecular weight excluding hydrogens is 350 g/mol. The third-order valence-electron chi connectivity index (χ3n) is 3.07. The third kappa shape index (κ3) is 5.33. The van der Waals surface area contributed by atoms with Crippen molar-refractivity contribution < 1.29 is 8.42 Å². The molecule has 0 spiro atoms. The van der Waals surface area contributed by atoms with Gasteiger partial charge in [0.2, 0.25) is 10.0 Å². The standard InChI is InChI=1S/C15H20ClN5O2S/c1-10(2)21-24(22,23)8-12-5-3-11(4-6-12)7-18-15-13(16)14(17)19-9-20-15/h3-6,9-10,21H,7-8H2,1-2H3,(H3,17,18,19,20). The molecule has 2 aromatic rings. The molecular formula is C15H20ClN5O2S. The summed E-state index contributed by atoms with van der Waals surface area (Å²) in [5, 5.41) is 3.35. The second-order valence-corrected chi connectivity index (χ2v) is 7.76. The van der Waals surface area contributed by atoms with Gasteiger partial charge in [-0.15, -0.1) is 0 Å². The minimum Gasteiger partial charge on any atom is -0.382 e. The summed E-state index contributed by atoms with van der Waals surface area (Å²) in [5.74, 6) is 0.622. The van der Waals surface area contributed by atoms with E-state index in [0.29, 0.717) is 12.4 Å². The summed E-state index contributed by atoms with van der Waals surface area (Å²) in [6.07, 6.45) is 1.33. The Balaban J connectivity index is 1.98. The van der Waals surface area contributed by atoms with Gasteiger partial charge in [0, 0.05) is 12.6 Å². The molecule has 7 nitrogen and oxygen atoms in total. The van der Waals surface area contributed by atoms with E-state index < -0.39 is 10.0 Å². The Hall–Kier alpha value is -1.90. The second kappa shape index (κ2) is 7.78. The maximum absolute atomic E-state index is 11.9. The summed E-state index contributed by atoms with van der Waals surface area (Å²) in [6, 6.07) is 7.15. The molecule has 0 atom stereocenters. The van der Waals surface area contributed by atoms with Crippen LogP contribution in [0.1, 0.15) is 25.0 Å². The van der Waals surface area contributed by atoms with E-state index in [1.54, 1.807) is 26.0 Å². The Morgan fingerprint density at radius 1 is 1.17 bits per heavy atom. The predicted molar refractivity (Wildman–Crippen MR) is 96.1 cm³/mol. The first-order valence-electron chi connectivity index (χ1n) is 7.34. The molecule has 1 aromatic carbocycles. The summed E-state index contributed by atoms with van der Waals surface area (Å²) in [4.78, 5) is 7.82. The molecule has 0 aliphatic rings. The number of benzene rings is 1. The van der Waals surface area contributed by atoms with Crippen molar-refractivity contribution in [2.24, 2.45) is 0 Å². The minimum atomic E-state index is -3.33. The van der Waals surface area contributed by atoms with E-state index in [0.717, 1.165) is 11.1 Å². The number of nitrogens with zero attached hydrogens (tertiary/aromatic N) is 2. The van der Waals surface area contributed by atoms with Gasteiger partial charge in [0.05, 0.1) is 5.75 Å². The molecule has 24 heavy (non-hydrogen) atoms. The highest BCUT2D eigenvalue weighted by atomic mass is 35.5. The van der Waals surface area contributed by atoms with E-state index in [2.05, 4.69) is 20.0 Å². The fraction of sp³-hybridized carbons (Fsp3) is 0.333. The molecule has 0 bridgehead atoms. The van der Waals surface area contributed by atoms with Gasteiger partial charge < -0.3 is 11.1 Å². The zero-order valence-corrected chi connectivity index (χ0v) is 15.0. The van der Waals surface area contributed by atoms with Crippen LogP contribution in [0.4, 0.5) is 11.6 Å². The summed E-state index contributed by atoms with van der Waals surface area (Å²) in [5.41, 5.74) is 7.29. The van der Waals surface area contributed by atoms with Crippen molar-refractivity contribution in [3.8, 4) is 0 Å². The van der Waals surface area contributed by atoms with E-state index in [-0.39, 0.29) is 22.6 Å². The molecule has 0 aliphatic heterocycles. The van der Waals surface area contributed by atoms with Gasteiger partial charge in [0.25, 0.3) is 0 Å². The Morgan fingerprint density at radius 3 is 2.42 bits per heavy atom. The van der Waals surface area contributed by atoms with Crippen LogP contribution < -0.4 is 15.8 Å². The number of hydrogen-bond donors (Lipinski definition) is 3. The van der Waals surface area contributed by atoms with Gasteiger partial charge in [-0.3, -0.25) is 0 Å². The average molecular weight is 370 g/mol. The van der Waals surface area contributed by atoms with Gasteiger partial charge in [-0.1, -0.05) is 35.9 Å². The molecule has 0 saturated heterocycles. The topological polar surface area (TPSA) is 110 Å². The maximum Gasteiger partial charge on any atom is 0.216 e. The third-order valence-corrected chi connectivity index (χ3v) is 4.99. The van der Waals surface area contributed by atoms with Gasteiger partial charge in [-0.2, -0.15) is 0 Å². The lowest BCUT2D eigenvalue weighted by atomic mass is 10.1. The first-order chi connectivity index (χ1) is 11.3. The monoisotopic (exact) mass is 369 g/mol. The van der Waals surface area contributed by atoms with Crippen LogP contribution >= 0.6 is 11.6 Å². The largest absolute Gasteiger partial charge is 0.382 e. The van der Waals surface area contributed by atoms with Gasteiger partial charge >= 0.3 is 0 Å². The van der Waals surface area contributed by atoms with E-state index in [1.807, 2.05) is 12.1 Å². The van der Waals surface area contributed by atoms with Crippen LogP contribution in [0.2, 0.25) is 5.02 Å². The van der Waals surface area contributed by atoms with Crippen molar-refractivity contribution in [1.82, 2.24) is 14.7 Å². The number of hydrogen-bond acceptors (Lipinski definition) is 6. The Bertz CT molecular complexity index is 794. The predicted octanol–water partition coefficient (Wildman–Crippen LogP) is 2.15. The highest BCUT2D eigenvalue weighted by molar-refractivity contribution is 7.88. The molecule has 1 heterocycles. The second-order valence-electron chi connectivity index (χ2n) is 5.62. The van der Waals surface area contributed by atoms with Crippen LogP contribution in [-0.2, 0) is 22.3 Å². The molecule has 9 heteroatoms. The SMILES string of the molecule is CC(C)NS(=O)(=O)Cc1ccc(CNc2ncnc(N)c2Cl)cc1. The van der Waals surface area contributed by atoms with Gasteiger partial charge in [-0.25, -0.2) is 23.1 Å². The summed E-state index contributed by atoms with van der Waals surface area (Å²) >= 11 is 6.01. The van der Waals surface area contributed by atoms with Crippen molar-refractivity contribution in [1.29, 1.82) is 0 Å².